The fourth-order valence-electron chi connectivity index (χ4n) is 3.55. The monoisotopic (exact) mass is 446 g/mol. The number of Topliss-reactive ketones (excluding diaryl/α,β-unsaturated/α-hetero) is 1. The van der Waals surface area contributed by atoms with Crippen LogP contribution in [0.1, 0.15) is 17.2 Å². The van der Waals surface area contributed by atoms with Crippen LogP contribution in [0.3, 0.4) is 0 Å². The first-order chi connectivity index (χ1) is 15.5. The molecule has 1 fully saturated rings. The van der Waals surface area contributed by atoms with Crippen molar-refractivity contribution in [2.75, 3.05) is 11.5 Å². The SMILES string of the molecule is C=CCOc1ccc(/C(O)=C2\C(=O)C(=O)N(c3ccccn3)[C@H]2c2ccc(Cl)cc2)cc1. The molecule has 0 aliphatic carbocycles. The van der Waals surface area contributed by atoms with Crippen LogP contribution >= 0.6 is 11.6 Å². The molecule has 1 aliphatic heterocycles. The standard InChI is InChI=1S/C25H19ClN2O4/c1-2-15-32-19-12-8-17(9-13-19)23(29)21-22(16-6-10-18(26)11-7-16)28(25(31)24(21)30)20-5-3-4-14-27-20/h2-14,22,29H,1,15H2/b23-21+/t22-/m0/s1. The van der Waals surface area contributed by atoms with Crippen molar-refractivity contribution >= 4 is 34.9 Å². The minimum absolute atomic E-state index is 0.0252. The fraction of sp³-hybridized carbons (Fsp3) is 0.0800. The van der Waals surface area contributed by atoms with E-state index < -0.39 is 17.7 Å². The van der Waals surface area contributed by atoms with Gasteiger partial charge in [-0.05, 0) is 54.1 Å². The van der Waals surface area contributed by atoms with Crippen LogP contribution in [0.5, 0.6) is 5.75 Å². The Labute approximate surface area is 190 Å². The van der Waals surface area contributed by atoms with Gasteiger partial charge in [0, 0.05) is 16.8 Å². The van der Waals surface area contributed by atoms with E-state index in [2.05, 4.69) is 11.6 Å². The third-order valence-electron chi connectivity index (χ3n) is 5.02. The van der Waals surface area contributed by atoms with E-state index in [0.29, 0.717) is 34.3 Å². The van der Waals surface area contributed by atoms with Crippen LogP contribution in [0, 0.1) is 0 Å². The Bertz CT molecular complexity index is 1190. The molecule has 2 aromatic carbocycles. The molecule has 0 saturated carbocycles. The van der Waals surface area contributed by atoms with E-state index in [1.807, 2.05) is 0 Å². The number of carbonyl (C=O) groups is 2. The summed E-state index contributed by atoms with van der Waals surface area (Å²) in [5, 5.41) is 11.6. The van der Waals surface area contributed by atoms with Gasteiger partial charge < -0.3 is 9.84 Å². The Hall–Kier alpha value is -3.90. The predicted octanol–water partition coefficient (Wildman–Crippen LogP) is 4.93. The Morgan fingerprint density at radius 3 is 2.44 bits per heavy atom. The molecule has 32 heavy (non-hydrogen) atoms. The number of carbonyl (C=O) groups excluding carboxylic acids is 2. The molecule has 2 heterocycles. The first-order valence-corrected chi connectivity index (χ1v) is 10.2. The lowest BCUT2D eigenvalue weighted by Crippen LogP contribution is -2.30. The van der Waals surface area contributed by atoms with Crippen molar-refractivity contribution in [2.24, 2.45) is 0 Å². The number of nitrogens with zero attached hydrogens (tertiary/aromatic N) is 2. The fourth-order valence-corrected chi connectivity index (χ4v) is 3.67. The number of hydrogen-bond donors (Lipinski definition) is 1. The van der Waals surface area contributed by atoms with Gasteiger partial charge >= 0.3 is 5.91 Å². The van der Waals surface area contributed by atoms with Crippen LogP contribution < -0.4 is 9.64 Å². The van der Waals surface area contributed by atoms with Gasteiger partial charge in [-0.25, -0.2) is 4.98 Å². The van der Waals surface area contributed by atoms with E-state index in [0.717, 1.165) is 0 Å². The molecule has 1 aromatic heterocycles. The van der Waals surface area contributed by atoms with Crippen molar-refractivity contribution in [3.63, 3.8) is 0 Å². The summed E-state index contributed by atoms with van der Waals surface area (Å²) in [7, 11) is 0. The summed E-state index contributed by atoms with van der Waals surface area (Å²) in [5.41, 5.74) is 0.975. The van der Waals surface area contributed by atoms with Crippen LogP contribution in [0.25, 0.3) is 5.76 Å². The molecule has 1 amide bonds. The molecule has 0 bridgehead atoms. The Morgan fingerprint density at radius 1 is 1.09 bits per heavy atom. The average molecular weight is 447 g/mol. The summed E-state index contributed by atoms with van der Waals surface area (Å²) in [6, 6.07) is 17.6. The summed E-state index contributed by atoms with van der Waals surface area (Å²) in [6.07, 6.45) is 3.16. The smallest absolute Gasteiger partial charge is 0.301 e. The third kappa shape index (κ3) is 4.00. The summed E-state index contributed by atoms with van der Waals surface area (Å²) in [4.78, 5) is 31.6. The molecule has 0 unspecified atom stereocenters. The molecular weight excluding hydrogens is 428 g/mol. The molecule has 1 saturated heterocycles. The number of amides is 1. The van der Waals surface area contributed by atoms with Gasteiger partial charge in [-0.2, -0.15) is 0 Å². The van der Waals surface area contributed by atoms with Gasteiger partial charge in [0.25, 0.3) is 5.78 Å². The number of pyridine rings is 1. The van der Waals surface area contributed by atoms with Crippen molar-refractivity contribution in [3.05, 3.63) is 107 Å². The van der Waals surface area contributed by atoms with Gasteiger partial charge in [-0.3, -0.25) is 14.5 Å². The second-order valence-electron chi connectivity index (χ2n) is 7.03. The molecule has 7 heteroatoms. The Balaban J connectivity index is 1.84. The van der Waals surface area contributed by atoms with E-state index in [1.54, 1.807) is 72.8 Å². The summed E-state index contributed by atoms with van der Waals surface area (Å²) in [5.74, 6) is -0.945. The predicted molar refractivity (Wildman–Crippen MR) is 123 cm³/mol. The largest absolute Gasteiger partial charge is 0.507 e. The molecule has 1 N–H and O–H groups in total. The maximum Gasteiger partial charge on any atom is 0.301 e. The Kier molecular flexibility index (Phi) is 6.05. The van der Waals surface area contributed by atoms with E-state index in [4.69, 9.17) is 16.3 Å². The van der Waals surface area contributed by atoms with E-state index in [9.17, 15) is 14.7 Å². The topological polar surface area (TPSA) is 79.7 Å². The number of hydrogen-bond acceptors (Lipinski definition) is 5. The number of aromatic nitrogens is 1. The van der Waals surface area contributed by atoms with Crippen LogP contribution in [-0.2, 0) is 9.59 Å². The van der Waals surface area contributed by atoms with Crippen molar-refractivity contribution in [2.45, 2.75) is 6.04 Å². The summed E-state index contributed by atoms with van der Waals surface area (Å²) in [6.45, 7) is 3.95. The zero-order chi connectivity index (χ0) is 22.7. The van der Waals surface area contributed by atoms with Crippen molar-refractivity contribution in [1.82, 2.24) is 4.98 Å². The molecular formula is C25H19ClN2O4. The van der Waals surface area contributed by atoms with E-state index >= 15 is 0 Å². The van der Waals surface area contributed by atoms with E-state index in [1.165, 1.54) is 11.1 Å². The summed E-state index contributed by atoms with van der Waals surface area (Å²) >= 11 is 6.04. The number of benzene rings is 2. The van der Waals surface area contributed by atoms with E-state index in [-0.39, 0.29) is 11.3 Å². The highest BCUT2D eigenvalue weighted by Gasteiger charge is 2.47. The number of aliphatic hydroxyl groups is 1. The molecule has 3 aromatic rings. The van der Waals surface area contributed by atoms with Gasteiger partial charge in [0.05, 0.1) is 11.6 Å². The number of aliphatic hydroxyl groups excluding tert-OH is 1. The van der Waals surface area contributed by atoms with Gasteiger partial charge in [0.2, 0.25) is 0 Å². The van der Waals surface area contributed by atoms with Gasteiger partial charge in [-0.1, -0.05) is 42.5 Å². The van der Waals surface area contributed by atoms with Crippen LogP contribution in [0.4, 0.5) is 5.82 Å². The van der Waals surface area contributed by atoms with Crippen molar-refractivity contribution in [3.8, 4) is 5.75 Å². The molecule has 0 radical (unpaired) electrons. The van der Waals surface area contributed by atoms with Crippen molar-refractivity contribution < 1.29 is 19.4 Å². The number of ketones is 1. The highest BCUT2D eigenvalue weighted by molar-refractivity contribution is 6.51. The number of halogens is 1. The maximum atomic E-state index is 13.1. The number of anilines is 1. The third-order valence-corrected chi connectivity index (χ3v) is 5.27. The number of ether oxygens (including phenoxy) is 1. The maximum absolute atomic E-state index is 13.1. The van der Waals surface area contributed by atoms with Crippen LogP contribution in [-0.4, -0.2) is 28.4 Å². The van der Waals surface area contributed by atoms with Crippen molar-refractivity contribution in [1.29, 1.82) is 0 Å². The lowest BCUT2D eigenvalue weighted by atomic mass is 9.95. The van der Waals surface area contributed by atoms with Gasteiger partial charge in [0.1, 0.15) is 23.9 Å². The Morgan fingerprint density at radius 2 is 1.81 bits per heavy atom. The highest BCUT2D eigenvalue weighted by atomic mass is 35.5. The molecule has 160 valence electrons. The first-order valence-electron chi connectivity index (χ1n) is 9.83. The van der Waals surface area contributed by atoms with Gasteiger partial charge in [0.15, 0.2) is 0 Å². The normalized spacial score (nSPS) is 17.4. The molecule has 6 nitrogen and oxygen atoms in total. The van der Waals surface area contributed by atoms with Crippen LogP contribution in [0.15, 0.2) is 91.2 Å². The highest BCUT2D eigenvalue weighted by Crippen LogP contribution is 2.41. The molecule has 4 rings (SSSR count). The zero-order valence-corrected chi connectivity index (χ0v) is 17.7. The lowest BCUT2D eigenvalue weighted by molar-refractivity contribution is -0.132. The minimum Gasteiger partial charge on any atom is -0.507 e. The number of rotatable bonds is 6. The minimum atomic E-state index is -0.862. The molecule has 0 spiro atoms. The quantitative estimate of drug-likeness (QED) is 0.251. The lowest BCUT2D eigenvalue weighted by Gasteiger charge is -2.24. The molecule has 1 atom stereocenters. The first kappa shape index (κ1) is 21.3. The zero-order valence-electron chi connectivity index (χ0n) is 16.9. The second kappa shape index (κ2) is 9.08. The average Bonchev–Trinajstić information content (AvgIpc) is 3.09. The molecule has 1 aliphatic rings. The van der Waals surface area contributed by atoms with Gasteiger partial charge in [-0.15, -0.1) is 0 Å². The van der Waals surface area contributed by atoms with Crippen LogP contribution in [0.2, 0.25) is 5.02 Å². The second-order valence-corrected chi connectivity index (χ2v) is 7.47. The summed E-state index contributed by atoms with van der Waals surface area (Å²) < 4.78 is 5.46.